The molecule has 2 aliphatic rings. The second-order valence-electron chi connectivity index (χ2n) is 7.94. The minimum absolute atomic E-state index is 0.182. The van der Waals surface area contributed by atoms with Gasteiger partial charge < -0.3 is 20.5 Å². The number of nitrogens with one attached hydrogen (secondary N) is 3. The number of carbonyl (C=O) groups is 3. The van der Waals surface area contributed by atoms with Crippen LogP contribution in [0.25, 0.3) is 0 Å². The molecule has 8 nitrogen and oxygen atoms in total. The number of fused-ring (bicyclic) bond motifs is 1. The zero-order valence-electron chi connectivity index (χ0n) is 17.0. The molecule has 31 heavy (non-hydrogen) atoms. The van der Waals surface area contributed by atoms with Crippen molar-refractivity contribution >= 4 is 34.4 Å². The molecule has 1 aromatic carbocycles. The van der Waals surface area contributed by atoms with Crippen LogP contribution in [0.3, 0.4) is 0 Å². The Kier molecular flexibility index (Phi) is 6.41. The third-order valence-corrected chi connectivity index (χ3v) is 6.70. The van der Waals surface area contributed by atoms with E-state index < -0.39 is 12.2 Å². The number of hydrogen-bond donors (Lipinski definition) is 4. The summed E-state index contributed by atoms with van der Waals surface area (Å²) in [5.41, 5.74) is 2.09. The molecule has 2 aromatic rings. The van der Waals surface area contributed by atoms with Crippen molar-refractivity contribution in [3.8, 4) is 0 Å². The molecule has 1 saturated carbocycles. The lowest BCUT2D eigenvalue weighted by molar-refractivity contribution is 0.0952. The van der Waals surface area contributed by atoms with E-state index in [0.29, 0.717) is 42.3 Å². The van der Waals surface area contributed by atoms with Gasteiger partial charge in [0.05, 0.1) is 5.56 Å². The highest BCUT2D eigenvalue weighted by Crippen LogP contribution is 2.38. The standard InChI is InChI=1S/C22H25N3O5S/c26-19(23-11-13-6-7-13)18-16-10-15(8-9-17(16)31-20(18)25-21(27)28)24-22(29)30-12-14-4-2-1-3-5-14/h1-5,13,15,25H,6-12H2,(H,23,26)(H,24,29)(H,27,28)/t15-/m0/s1. The lowest BCUT2D eigenvalue weighted by Crippen LogP contribution is -2.39. The molecule has 1 aromatic heterocycles. The summed E-state index contributed by atoms with van der Waals surface area (Å²) in [6.07, 6.45) is 2.33. The Balaban J connectivity index is 1.42. The van der Waals surface area contributed by atoms with Gasteiger partial charge in [0.1, 0.15) is 11.6 Å². The van der Waals surface area contributed by atoms with E-state index in [-0.39, 0.29) is 18.6 Å². The molecule has 4 N–H and O–H groups in total. The summed E-state index contributed by atoms with van der Waals surface area (Å²) in [4.78, 5) is 37.3. The van der Waals surface area contributed by atoms with Crippen molar-refractivity contribution in [2.75, 3.05) is 11.9 Å². The monoisotopic (exact) mass is 443 g/mol. The number of ether oxygens (including phenoxy) is 1. The van der Waals surface area contributed by atoms with Gasteiger partial charge in [0.15, 0.2) is 0 Å². The van der Waals surface area contributed by atoms with Gasteiger partial charge in [-0.1, -0.05) is 30.3 Å². The maximum atomic E-state index is 12.9. The van der Waals surface area contributed by atoms with Gasteiger partial charge in [-0.3, -0.25) is 10.1 Å². The van der Waals surface area contributed by atoms with Crippen LogP contribution in [-0.4, -0.2) is 35.8 Å². The first-order valence-electron chi connectivity index (χ1n) is 10.4. The molecule has 0 spiro atoms. The van der Waals surface area contributed by atoms with E-state index in [2.05, 4.69) is 16.0 Å². The molecule has 2 aliphatic carbocycles. The average Bonchev–Trinajstić information content (AvgIpc) is 3.51. The molecule has 0 saturated heterocycles. The molecule has 1 heterocycles. The van der Waals surface area contributed by atoms with Crippen LogP contribution in [0.15, 0.2) is 30.3 Å². The first-order valence-corrected chi connectivity index (χ1v) is 11.2. The summed E-state index contributed by atoms with van der Waals surface area (Å²) in [6.45, 7) is 0.786. The summed E-state index contributed by atoms with van der Waals surface area (Å²) < 4.78 is 5.31. The van der Waals surface area contributed by atoms with E-state index in [1.807, 2.05) is 30.3 Å². The summed E-state index contributed by atoms with van der Waals surface area (Å²) >= 11 is 1.30. The summed E-state index contributed by atoms with van der Waals surface area (Å²) in [6, 6.07) is 9.25. The second kappa shape index (κ2) is 9.38. The van der Waals surface area contributed by atoms with Gasteiger partial charge in [0.2, 0.25) is 0 Å². The number of amides is 3. The number of thiophene rings is 1. The number of aryl methyl sites for hydroxylation is 1. The Bertz CT molecular complexity index is 971. The predicted molar refractivity (Wildman–Crippen MR) is 117 cm³/mol. The van der Waals surface area contributed by atoms with E-state index in [4.69, 9.17) is 4.74 Å². The number of benzene rings is 1. The summed E-state index contributed by atoms with van der Waals surface area (Å²) in [7, 11) is 0. The predicted octanol–water partition coefficient (Wildman–Crippen LogP) is 3.76. The van der Waals surface area contributed by atoms with Gasteiger partial charge in [-0.15, -0.1) is 11.3 Å². The van der Waals surface area contributed by atoms with E-state index in [1.54, 1.807) is 0 Å². The second-order valence-corrected chi connectivity index (χ2v) is 9.04. The third kappa shape index (κ3) is 5.55. The highest BCUT2D eigenvalue weighted by molar-refractivity contribution is 7.17. The van der Waals surface area contributed by atoms with E-state index in [0.717, 1.165) is 28.8 Å². The van der Waals surface area contributed by atoms with Crippen LogP contribution in [-0.2, 0) is 24.2 Å². The Morgan fingerprint density at radius 1 is 1.13 bits per heavy atom. The fourth-order valence-corrected chi connectivity index (χ4v) is 4.94. The SMILES string of the molecule is O=C(O)Nc1sc2c(c1C(=O)NCC1CC1)C[C@@H](NC(=O)OCc1ccccc1)CC2. The number of rotatable bonds is 7. The molecule has 4 rings (SSSR count). The van der Waals surface area contributed by atoms with Crippen molar-refractivity contribution in [3.63, 3.8) is 0 Å². The molecular weight excluding hydrogens is 418 g/mol. The minimum Gasteiger partial charge on any atom is -0.465 e. The Morgan fingerprint density at radius 2 is 1.90 bits per heavy atom. The van der Waals surface area contributed by atoms with Gasteiger partial charge in [-0.05, 0) is 49.1 Å². The molecule has 1 atom stereocenters. The Hall–Kier alpha value is -3.07. The van der Waals surface area contributed by atoms with Crippen LogP contribution in [0, 0.1) is 5.92 Å². The number of alkyl carbamates (subject to hydrolysis) is 1. The molecule has 1 fully saturated rings. The van der Waals surface area contributed by atoms with Crippen molar-refractivity contribution in [3.05, 3.63) is 51.9 Å². The van der Waals surface area contributed by atoms with Gasteiger partial charge >= 0.3 is 12.2 Å². The maximum absolute atomic E-state index is 12.9. The van der Waals surface area contributed by atoms with Crippen molar-refractivity contribution in [1.82, 2.24) is 10.6 Å². The van der Waals surface area contributed by atoms with Crippen LogP contribution in [0.1, 0.15) is 45.6 Å². The van der Waals surface area contributed by atoms with Crippen LogP contribution in [0.5, 0.6) is 0 Å². The van der Waals surface area contributed by atoms with Crippen LogP contribution < -0.4 is 16.0 Å². The fraction of sp³-hybridized carbons (Fsp3) is 0.409. The molecule has 0 unspecified atom stereocenters. The van der Waals surface area contributed by atoms with Gasteiger partial charge in [-0.2, -0.15) is 0 Å². The van der Waals surface area contributed by atoms with Gasteiger partial charge in [-0.25, -0.2) is 9.59 Å². The molecular formula is C22H25N3O5S. The molecule has 164 valence electrons. The quantitative estimate of drug-likeness (QED) is 0.520. The van der Waals surface area contributed by atoms with Crippen LogP contribution >= 0.6 is 11.3 Å². The van der Waals surface area contributed by atoms with E-state index in [9.17, 15) is 19.5 Å². The third-order valence-electron chi connectivity index (χ3n) is 5.49. The molecule has 0 bridgehead atoms. The lowest BCUT2D eigenvalue weighted by atomic mass is 9.91. The largest absolute Gasteiger partial charge is 0.465 e. The van der Waals surface area contributed by atoms with Gasteiger partial charge in [0.25, 0.3) is 5.91 Å². The Labute approximate surface area is 184 Å². The normalized spacial score (nSPS) is 17.4. The topological polar surface area (TPSA) is 117 Å². The molecule has 9 heteroatoms. The van der Waals surface area contributed by atoms with Gasteiger partial charge in [0, 0.05) is 17.5 Å². The highest BCUT2D eigenvalue weighted by atomic mass is 32.1. The average molecular weight is 444 g/mol. The number of anilines is 1. The van der Waals surface area contributed by atoms with Crippen molar-refractivity contribution in [1.29, 1.82) is 0 Å². The van der Waals surface area contributed by atoms with Crippen molar-refractivity contribution < 1.29 is 24.2 Å². The Morgan fingerprint density at radius 3 is 2.61 bits per heavy atom. The van der Waals surface area contributed by atoms with E-state index >= 15 is 0 Å². The summed E-state index contributed by atoms with van der Waals surface area (Å²) in [5.74, 6) is 0.253. The first-order chi connectivity index (χ1) is 15.0. The summed E-state index contributed by atoms with van der Waals surface area (Å²) in [5, 5.41) is 17.7. The zero-order chi connectivity index (χ0) is 21.8. The van der Waals surface area contributed by atoms with Crippen molar-refractivity contribution in [2.24, 2.45) is 5.92 Å². The maximum Gasteiger partial charge on any atom is 0.409 e. The van der Waals surface area contributed by atoms with Crippen LogP contribution in [0.4, 0.5) is 14.6 Å². The minimum atomic E-state index is -1.20. The molecule has 0 radical (unpaired) electrons. The zero-order valence-corrected chi connectivity index (χ0v) is 17.8. The lowest BCUT2D eigenvalue weighted by Gasteiger charge is -2.24. The van der Waals surface area contributed by atoms with Crippen molar-refractivity contribution in [2.45, 2.75) is 44.8 Å². The number of carbonyl (C=O) groups excluding carboxylic acids is 2. The van der Waals surface area contributed by atoms with E-state index in [1.165, 1.54) is 11.3 Å². The fourth-order valence-electron chi connectivity index (χ4n) is 3.71. The highest BCUT2D eigenvalue weighted by Gasteiger charge is 2.31. The first kappa shape index (κ1) is 21.2. The van der Waals surface area contributed by atoms with Crippen LogP contribution in [0.2, 0.25) is 0 Å². The number of hydrogen-bond acceptors (Lipinski definition) is 5. The molecule has 3 amide bonds. The smallest absolute Gasteiger partial charge is 0.409 e. The molecule has 0 aliphatic heterocycles. The number of carboxylic acid groups (broad SMARTS) is 1.